The van der Waals surface area contributed by atoms with Crippen molar-refractivity contribution in [2.24, 2.45) is 0 Å². The molecule has 0 spiro atoms. The molecule has 0 fully saturated rings. The Labute approximate surface area is 93.1 Å². The van der Waals surface area contributed by atoms with Gasteiger partial charge in [-0.25, -0.2) is 0 Å². The largest absolute Gasteiger partial charge is 0.353 e. The Balaban J connectivity index is 0. The van der Waals surface area contributed by atoms with Gasteiger partial charge >= 0.3 is 0 Å². The molecule has 0 saturated carbocycles. The Morgan fingerprint density at radius 2 is 1.45 bits per heavy atom. The maximum Gasteiger partial charge on any atom is 0.133 e. The second-order valence-corrected chi connectivity index (χ2v) is 3.99. The van der Waals surface area contributed by atoms with Gasteiger partial charge < -0.3 is 4.90 Å². The van der Waals surface area contributed by atoms with E-state index in [9.17, 15) is 0 Å². The fourth-order valence-electron chi connectivity index (χ4n) is 1.04. The van der Waals surface area contributed by atoms with Crippen molar-refractivity contribution in [1.29, 1.82) is 0 Å². The Bertz CT molecular complexity index is 118. The van der Waals surface area contributed by atoms with E-state index in [2.05, 4.69) is 45.2 Å². The monoisotopic (exact) mass is 241 g/mol. The first kappa shape index (κ1) is 14.4. The van der Waals surface area contributed by atoms with Crippen LogP contribution in [-0.4, -0.2) is 21.3 Å². The van der Waals surface area contributed by atoms with E-state index in [0.717, 1.165) is 0 Å². The molecule has 0 amide bonds. The van der Waals surface area contributed by atoms with Gasteiger partial charge in [-0.2, -0.15) is 0 Å². The van der Waals surface area contributed by atoms with Crippen molar-refractivity contribution in [1.82, 2.24) is 4.90 Å². The van der Waals surface area contributed by atoms with E-state index >= 15 is 0 Å². The van der Waals surface area contributed by atoms with E-state index in [0.29, 0.717) is 16.4 Å². The van der Waals surface area contributed by atoms with Crippen LogP contribution in [0.25, 0.3) is 0 Å². The van der Waals surface area contributed by atoms with Crippen molar-refractivity contribution < 1.29 is 19.5 Å². The van der Waals surface area contributed by atoms with Crippen LogP contribution in [0, 0.1) is 0 Å². The average molecular weight is 243 g/mol. The van der Waals surface area contributed by atoms with Gasteiger partial charge in [0.25, 0.3) is 0 Å². The standard InChI is InChI=1S/C7H15NS2.Zn/c1-5(2)8(6(3)4)7(9)10;/h5-6H,1-4H3,(H,9,10);. The van der Waals surface area contributed by atoms with Crippen molar-refractivity contribution in [3.8, 4) is 0 Å². The molecule has 0 saturated heterocycles. The molecule has 0 aliphatic rings. The van der Waals surface area contributed by atoms with Crippen LogP contribution >= 0.6 is 24.8 Å². The third-order valence-corrected chi connectivity index (χ3v) is 1.78. The second-order valence-electron chi connectivity index (χ2n) is 2.88. The first-order valence-electron chi connectivity index (χ1n) is 3.48. The molecule has 0 N–H and O–H groups in total. The molecule has 0 radical (unpaired) electrons. The minimum absolute atomic E-state index is 0. The van der Waals surface area contributed by atoms with E-state index in [-0.39, 0.29) is 19.5 Å². The summed E-state index contributed by atoms with van der Waals surface area (Å²) >= 11 is 9.09. The van der Waals surface area contributed by atoms with Gasteiger partial charge in [0, 0.05) is 31.6 Å². The van der Waals surface area contributed by atoms with Crippen molar-refractivity contribution in [2.45, 2.75) is 39.8 Å². The molecule has 0 aliphatic heterocycles. The molecule has 0 heterocycles. The summed E-state index contributed by atoms with van der Waals surface area (Å²) in [6.07, 6.45) is 0. The molecule has 0 bridgehead atoms. The fourth-order valence-corrected chi connectivity index (χ4v) is 1.92. The zero-order valence-electron chi connectivity index (χ0n) is 7.66. The molecule has 0 aromatic heterocycles. The average Bonchev–Trinajstić information content (AvgIpc) is 1.59. The number of thiol groups is 1. The Morgan fingerprint density at radius 3 is 1.45 bits per heavy atom. The maximum atomic E-state index is 4.96. The van der Waals surface area contributed by atoms with Gasteiger partial charge in [0.05, 0.1) is 0 Å². The minimum Gasteiger partial charge on any atom is -0.353 e. The first-order chi connectivity index (χ1) is 4.46. The zero-order chi connectivity index (χ0) is 8.31. The van der Waals surface area contributed by atoms with Gasteiger partial charge in [-0.1, -0.05) is 12.2 Å². The molecule has 4 heteroatoms. The Hall–Kier alpha value is 0.863. The van der Waals surface area contributed by atoms with E-state index in [1.807, 2.05) is 0 Å². The topological polar surface area (TPSA) is 3.24 Å². The van der Waals surface area contributed by atoms with Crippen LogP contribution in [-0.2, 0) is 19.5 Å². The summed E-state index contributed by atoms with van der Waals surface area (Å²) in [6, 6.07) is 0.898. The Morgan fingerprint density at radius 1 is 1.18 bits per heavy atom. The van der Waals surface area contributed by atoms with Crippen molar-refractivity contribution in [2.75, 3.05) is 0 Å². The van der Waals surface area contributed by atoms with Crippen molar-refractivity contribution in [3.05, 3.63) is 0 Å². The number of thiocarbonyl (C=S) groups is 1. The van der Waals surface area contributed by atoms with Gasteiger partial charge in [-0.3, -0.25) is 0 Å². The number of hydrogen-bond acceptors (Lipinski definition) is 1. The van der Waals surface area contributed by atoms with Gasteiger partial charge in [0.2, 0.25) is 0 Å². The molecular formula is C7H15NS2Zn. The molecule has 62 valence electrons. The van der Waals surface area contributed by atoms with E-state index < -0.39 is 0 Å². The molecule has 0 aromatic carbocycles. The van der Waals surface area contributed by atoms with E-state index in [4.69, 9.17) is 12.2 Å². The maximum absolute atomic E-state index is 4.96. The first-order valence-corrected chi connectivity index (χ1v) is 4.33. The molecular weight excluding hydrogens is 228 g/mol. The number of nitrogens with zero attached hydrogens (tertiary/aromatic N) is 1. The third kappa shape index (κ3) is 5.16. The molecule has 0 rings (SSSR count). The van der Waals surface area contributed by atoms with Crippen molar-refractivity contribution in [3.63, 3.8) is 0 Å². The summed E-state index contributed by atoms with van der Waals surface area (Å²) < 4.78 is 0.685. The molecule has 1 nitrogen and oxygen atoms in total. The molecule has 0 aliphatic carbocycles. The van der Waals surface area contributed by atoms with Gasteiger partial charge in [0.15, 0.2) is 0 Å². The van der Waals surface area contributed by atoms with Crippen LogP contribution < -0.4 is 0 Å². The number of rotatable bonds is 2. The normalized spacial score (nSPS) is 9.73. The third-order valence-electron chi connectivity index (χ3n) is 1.33. The van der Waals surface area contributed by atoms with Gasteiger partial charge in [-0.15, -0.1) is 12.6 Å². The zero-order valence-corrected chi connectivity index (χ0v) is 12.3. The molecule has 0 aromatic rings. The van der Waals surface area contributed by atoms with E-state index in [1.54, 1.807) is 0 Å². The van der Waals surface area contributed by atoms with Crippen LogP contribution in [0.4, 0.5) is 0 Å². The number of hydrogen-bond donors (Lipinski definition) is 1. The summed E-state index contributed by atoms with van der Waals surface area (Å²) in [5.41, 5.74) is 0. The van der Waals surface area contributed by atoms with Gasteiger partial charge in [0.1, 0.15) is 4.32 Å². The smallest absolute Gasteiger partial charge is 0.133 e. The summed E-state index contributed by atoms with van der Waals surface area (Å²) in [6.45, 7) is 8.45. The quantitative estimate of drug-likeness (QED) is 0.450. The van der Waals surface area contributed by atoms with Gasteiger partial charge in [-0.05, 0) is 27.7 Å². The predicted octanol–water partition coefficient (Wildman–Crippen LogP) is 2.32. The van der Waals surface area contributed by atoms with Crippen LogP contribution in [0.3, 0.4) is 0 Å². The van der Waals surface area contributed by atoms with Crippen LogP contribution in [0.2, 0.25) is 0 Å². The molecule has 0 atom stereocenters. The molecule has 11 heavy (non-hydrogen) atoms. The van der Waals surface area contributed by atoms with Crippen molar-refractivity contribution >= 4 is 29.2 Å². The second kappa shape index (κ2) is 6.39. The summed E-state index contributed by atoms with van der Waals surface area (Å²) in [7, 11) is 0. The SMILES string of the molecule is CC(C)N(C(=S)S)C(C)C.[Zn]. The van der Waals surface area contributed by atoms with Crippen LogP contribution in [0.1, 0.15) is 27.7 Å². The predicted molar refractivity (Wildman–Crippen MR) is 53.7 cm³/mol. The summed E-state index contributed by atoms with van der Waals surface area (Å²) in [5.74, 6) is 0. The summed E-state index contributed by atoms with van der Waals surface area (Å²) in [4.78, 5) is 2.10. The minimum atomic E-state index is 0. The summed E-state index contributed by atoms with van der Waals surface area (Å²) in [5, 5.41) is 0. The molecule has 0 unspecified atom stereocenters. The fraction of sp³-hybridized carbons (Fsp3) is 0.857. The van der Waals surface area contributed by atoms with Crippen LogP contribution in [0.5, 0.6) is 0 Å². The Kier molecular flexibility index (Phi) is 8.36. The van der Waals surface area contributed by atoms with E-state index in [1.165, 1.54) is 0 Å². The van der Waals surface area contributed by atoms with Crippen LogP contribution in [0.15, 0.2) is 0 Å².